The summed E-state index contributed by atoms with van der Waals surface area (Å²) in [6.45, 7) is 4.05. The number of benzene rings is 1. The summed E-state index contributed by atoms with van der Waals surface area (Å²) < 4.78 is 5.41. The molecule has 6 nitrogen and oxygen atoms in total. The molecular formula is C15H20N4O2. The van der Waals surface area contributed by atoms with Gasteiger partial charge in [-0.1, -0.05) is 49.3 Å². The summed E-state index contributed by atoms with van der Waals surface area (Å²) >= 11 is 0. The standard InChI is InChI=1S/C15H20N4O2/c1-3-12(4-2)16-14(20)17-15-19-18-13(21-15)10-11-8-6-5-7-9-11/h5-9,12H,3-4,10H2,1-2H3,(H2,16,17,19,20). The van der Waals surface area contributed by atoms with Crippen LogP contribution in [0.4, 0.5) is 10.8 Å². The van der Waals surface area contributed by atoms with Crippen LogP contribution in [0.1, 0.15) is 38.1 Å². The number of urea groups is 1. The summed E-state index contributed by atoms with van der Waals surface area (Å²) in [5.74, 6) is 0.471. The molecule has 0 unspecified atom stereocenters. The van der Waals surface area contributed by atoms with Crippen LogP contribution in [0.2, 0.25) is 0 Å². The zero-order chi connectivity index (χ0) is 15.1. The van der Waals surface area contributed by atoms with Crippen LogP contribution in [0, 0.1) is 0 Å². The highest BCUT2D eigenvalue weighted by atomic mass is 16.4. The van der Waals surface area contributed by atoms with Crippen molar-refractivity contribution in [1.82, 2.24) is 15.5 Å². The Kier molecular flexibility index (Phi) is 5.31. The van der Waals surface area contributed by atoms with E-state index >= 15 is 0 Å². The van der Waals surface area contributed by atoms with E-state index in [2.05, 4.69) is 20.8 Å². The minimum atomic E-state index is -0.321. The molecule has 0 fully saturated rings. The van der Waals surface area contributed by atoms with Crippen LogP contribution < -0.4 is 10.6 Å². The van der Waals surface area contributed by atoms with E-state index in [0.717, 1.165) is 18.4 Å². The van der Waals surface area contributed by atoms with Gasteiger partial charge in [0.1, 0.15) is 0 Å². The summed E-state index contributed by atoms with van der Waals surface area (Å²) in [6, 6.07) is 9.77. The fourth-order valence-corrected chi connectivity index (χ4v) is 1.96. The lowest BCUT2D eigenvalue weighted by atomic mass is 10.2. The Hall–Kier alpha value is -2.37. The molecular weight excluding hydrogens is 268 g/mol. The van der Waals surface area contributed by atoms with Crippen molar-refractivity contribution in [1.29, 1.82) is 0 Å². The Morgan fingerprint density at radius 3 is 2.57 bits per heavy atom. The minimum Gasteiger partial charge on any atom is -0.407 e. The van der Waals surface area contributed by atoms with Gasteiger partial charge in [-0.05, 0) is 18.4 Å². The average molecular weight is 288 g/mol. The number of anilines is 1. The highest BCUT2D eigenvalue weighted by Crippen LogP contribution is 2.11. The molecule has 112 valence electrons. The van der Waals surface area contributed by atoms with E-state index < -0.39 is 0 Å². The van der Waals surface area contributed by atoms with Crippen LogP contribution in [-0.2, 0) is 6.42 Å². The minimum absolute atomic E-state index is 0.115. The highest BCUT2D eigenvalue weighted by molar-refractivity contribution is 5.87. The van der Waals surface area contributed by atoms with Crippen LogP contribution in [-0.4, -0.2) is 22.3 Å². The van der Waals surface area contributed by atoms with Gasteiger partial charge in [0.2, 0.25) is 5.89 Å². The molecule has 1 heterocycles. The summed E-state index contributed by atoms with van der Waals surface area (Å²) in [7, 11) is 0. The van der Waals surface area contributed by atoms with Crippen LogP contribution in [0.15, 0.2) is 34.7 Å². The molecule has 0 radical (unpaired) electrons. The first-order valence-electron chi connectivity index (χ1n) is 7.15. The van der Waals surface area contributed by atoms with Gasteiger partial charge in [-0.25, -0.2) is 4.79 Å². The Morgan fingerprint density at radius 1 is 1.19 bits per heavy atom. The van der Waals surface area contributed by atoms with E-state index in [9.17, 15) is 4.79 Å². The third-order valence-electron chi connectivity index (χ3n) is 3.21. The smallest absolute Gasteiger partial charge is 0.323 e. The molecule has 0 spiro atoms. The monoisotopic (exact) mass is 288 g/mol. The van der Waals surface area contributed by atoms with E-state index in [1.807, 2.05) is 44.2 Å². The maximum Gasteiger partial charge on any atom is 0.323 e. The van der Waals surface area contributed by atoms with E-state index in [1.165, 1.54) is 0 Å². The summed E-state index contributed by atoms with van der Waals surface area (Å²) in [5.41, 5.74) is 1.08. The maximum atomic E-state index is 11.8. The molecule has 2 N–H and O–H groups in total. The Bertz CT molecular complexity index is 564. The molecule has 0 bridgehead atoms. The Balaban J connectivity index is 1.89. The van der Waals surface area contributed by atoms with E-state index in [1.54, 1.807) is 0 Å². The van der Waals surface area contributed by atoms with Crippen LogP contribution >= 0.6 is 0 Å². The first kappa shape index (κ1) is 15.0. The van der Waals surface area contributed by atoms with Crippen molar-refractivity contribution >= 4 is 12.0 Å². The van der Waals surface area contributed by atoms with Gasteiger partial charge in [0, 0.05) is 6.04 Å². The second kappa shape index (κ2) is 7.42. The molecule has 6 heteroatoms. The van der Waals surface area contributed by atoms with Crippen LogP contribution in [0.5, 0.6) is 0 Å². The summed E-state index contributed by atoms with van der Waals surface area (Å²) in [6.07, 6.45) is 2.31. The number of aromatic nitrogens is 2. The SMILES string of the molecule is CCC(CC)NC(=O)Nc1nnc(Cc2ccccc2)o1. The van der Waals surface area contributed by atoms with E-state index in [4.69, 9.17) is 4.42 Å². The molecule has 0 saturated carbocycles. The molecule has 2 amide bonds. The number of rotatable bonds is 6. The number of carbonyl (C=O) groups is 1. The number of hydrogen-bond donors (Lipinski definition) is 2. The number of hydrogen-bond acceptors (Lipinski definition) is 4. The number of nitrogens with one attached hydrogen (secondary N) is 2. The molecule has 1 aromatic heterocycles. The third-order valence-corrected chi connectivity index (χ3v) is 3.21. The fourth-order valence-electron chi connectivity index (χ4n) is 1.96. The highest BCUT2D eigenvalue weighted by Gasteiger charge is 2.12. The third kappa shape index (κ3) is 4.59. The van der Waals surface area contributed by atoms with Crippen molar-refractivity contribution in [2.45, 2.75) is 39.2 Å². The summed E-state index contributed by atoms with van der Waals surface area (Å²) in [4.78, 5) is 11.8. The van der Waals surface area contributed by atoms with Gasteiger partial charge in [-0.3, -0.25) is 5.32 Å². The van der Waals surface area contributed by atoms with Gasteiger partial charge in [0.05, 0.1) is 6.42 Å². The largest absolute Gasteiger partial charge is 0.407 e. The second-order valence-electron chi connectivity index (χ2n) is 4.78. The molecule has 2 rings (SSSR count). The van der Waals surface area contributed by atoms with E-state index in [0.29, 0.717) is 12.3 Å². The fraction of sp³-hybridized carbons (Fsp3) is 0.400. The van der Waals surface area contributed by atoms with Gasteiger partial charge in [-0.15, -0.1) is 5.10 Å². The Morgan fingerprint density at radius 2 is 1.90 bits per heavy atom. The number of nitrogens with zero attached hydrogens (tertiary/aromatic N) is 2. The molecule has 0 atom stereocenters. The lowest BCUT2D eigenvalue weighted by Crippen LogP contribution is -2.37. The molecule has 2 aromatic rings. The van der Waals surface area contributed by atoms with Gasteiger partial charge < -0.3 is 9.73 Å². The van der Waals surface area contributed by atoms with Gasteiger partial charge >= 0.3 is 12.0 Å². The zero-order valence-corrected chi connectivity index (χ0v) is 12.3. The van der Waals surface area contributed by atoms with Gasteiger partial charge in [0.15, 0.2) is 0 Å². The van der Waals surface area contributed by atoms with Crippen molar-refractivity contribution in [3.8, 4) is 0 Å². The van der Waals surface area contributed by atoms with Crippen molar-refractivity contribution in [2.75, 3.05) is 5.32 Å². The first-order chi connectivity index (χ1) is 10.2. The molecule has 21 heavy (non-hydrogen) atoms. The normalized spacial score (nSPS) is 10.6. The van der Waals surface area contributed by atoms with Crippen molar-refractivity contribution in [2.24, 2.45) is 0 Å². The molecule has 0 aliphatic carbocycles. The molecule has 0 saturated heterocycles. The van der Waals surface area contributed by atoms with Crippen LogP contribution in [0.25, 0.3) is 0 Å². The zero-order valence-electron chi connectivity index (χ0n) is 12.3. The topological polar surface area (TPSA) is 80.0 Å². The lowest BCUT2D eigenvalue weighted by molar-refractivity contribution is 0.247. The number of amides is 2. The van der Waals surface area contributed by atoms with Gasteiger partial charge in [0.25, 0.3) is 0 Å². The van der Waals surface area contributed by atoms with E-state index in [-0.39, 0.29) is 18.1 Å². The predicted molar refractivity (Wildman–Crippen MR) is 80.1 cm³/mol. The number of carbonyl (C=O) groups excluding carboxylic acids is 1. The maximum absolute atomic E-state index is 11.8. The predicted octanol–water partition coefficient (Wildman–Crippen LogP) is 2.97. The van der Waals surface area contributed by atoms with Crippen molar-refractivity contribution < 1.29 is 9.21 Å². The average Bonchev–Trinajstić information content (AvgIpc) is 2.92. The van der Waals surface area contributed by atoms with Crippen molar-refractivity contribution in [3.63, 3.8) is 0 Å². The first-order valence-corrected chi connectivity index (χ1v) is 7.15. The second-order valence-corrected chi connectivity index (χ2v) is 4.78. The lowest BCUT2D eigenvalue weighted by Gasteiger charge is -2.13. The summed E-state index contributed by atoms with van der Waals surface area (Å²) in [5, 5.41) is 13.2. The quantitative estimate of drug-likeness (QED) is 0.856. The molecule has 1 aromatic carbocycles. The van der Waals surface area contributed by atoms with Gasteiger partial charge in [-0.2, -0.15) is 0 Å². The van der Waals surface area contributed by atoms with Crippen LogP contribution in [0.3, 0.4) is 0 Å². The molecule has 0 aliphatic heterocycles. The van der Waals surface area contributed by atoms with Crippen molar-refractivity contribution in [3.05, 3.63) is 41.8 Å². The molecule has 0 aliphatic rings. The Labute approximate surface area is 124 Å².